The van der Waals surface area contributed by atoms with Gasteiger partial charge in [-0.15, -0.1) is 35.7 Å². The van der Waals surface area contributed by atoms with E-state index in [0.29, 0.717) is 11.4 Å². The van der Waals surface area contributed by atoms with Gasteiger partial charge in [-0.3, -0.25) is 4.99 Å². The lowest BCUT2D eigenvalue weighted by Gasteiger charge is -2.16. The van der Waals surface area contributed by atoms with E-state index in [0.717, 1.165) is 51.7 Å². The largest absolute Gasteiger partial charge is 0.379 e. The molecule has 7 heteroatoms. The lowest BCUT2D eigenvalue weighted by atomic mass is 10.3. The normalized spacial score (nSPS) is 18.5. The van der Waals surface area contributed by atoms with Gasteiger partial charge >= 0.3 is 0 Å². The molecule has 2 rings (SSSR count). The van der Waals surface area contributed by atoms with Crippen LogP contribution in [0.25, 0.3) is 0 Å². The summed E-state index contributed by atoms with van der Waals surface area (Å²) in [6, 6.07) is 10.5. The average molecular weight is 479 g/mol. The third-order valence-electron chi connectivity index (χ3n) is 3.72. The van der Waals surface area contributed by atoms with Crippen LogP contribution in [0, 0.1) is 0 Å². The van der Waals surface area contributed by atoms with Crippen LogP contribution < -0.4 is 10.6 Å². The first-order valence-corrected chi connectivity index (χ1v) is 9.51. The second kappa shape index (κ2) is 13.7. The molecule has 0 aliphatic carbocycles. The fraction of sp³-hybridized carbons (Fsp3) is 0.611. The minimum atomic E-state index is 0. The summed E-state index contributed by atoms with van der Waals surface area (Å²) in [7, 11) is 1.80. The molecule has 1 aliphatic heterocycles. The van der Waals surface area contributed by atoms with E-state index in [4.69, 9.17) is 9.47 Å². The van der Waals surface area contributed by atoms with Gasteiger partial charge in [0.15, 0.2) is 5.96 Å². The van der Waals surface area contributed by atoms with Gasteiger partial charge in [0.05, 0.1) is 12.7 Å². The van der Waals surface area contributed by atoms with E-state index in [-0.39, 0.29) is 24.0 Å². The van der Waals surface area contributed by atoms with Crippen LogP contribution in [0.2, 0.25) is 0 Å². The first-order chi connectivity index (χ1) is 11.8. The molecule has 2 unspecified atom stereocenters. The topological polar surface area (TPSA) is 54.9 Å². The zero-order valence-electron chi connectivity index (χ0n) is 15.1. The van der Waals surface area contributed by atoms with Crippen molar-refractivity contribution in [2.75, 3.05) is 40.0 Å². The predicted molar refractivity (Wildman–Crippen MR) is 116 cm³/mol. The third-order valence-corrected chi connectivity index (χ3v) is 4.83. The van der Waals surface area contributed by atoms with E-state index < -0.39 is 0 Å². The minimum Gasteiger partial charge on any atom is -0.379 e. The fourth-order valence-corrected chi connectivity index (χ4v) is 3.35. The van der Waals surface area contributed by atoms with E-state index in [1.54, 1.807) is 7.05 Å². The van der Waals surface area contributed by atoms with Crippen LogP contribution in [0.15, 0.2) is 40.2 Å². The molecular weight excluding hydrogens is 449 g/mol. The zero-order chi connectivity index (χ0) is 17.0. The number of hydrogen-bond acceptors (Lipinski definition) is 4. The summed E-state index contributed by atoms with van der Waals surface area (Å²) in [5.41, 5.74) is 0. The Morgan fingerprint density at radius 3 is 2.84 bits per heavy atom. The molecule has 1 saturated heterocycles. The average Bonchev–Trinajstić information content (AvgIpc) is 3.11. The van der Waals surface area contributed by atoms with E-state index >= 15 is 0 Å². The van der Waals surface area contributed by atoms with E-state index in [1.165, 1.54) is 4.90 Å². The lowest BCUT2D eigenvalue weighted by molar-refractivity contribution is 0.0420. The van der Waals surface area contributed by atoms with Gasteiger partial charge < -0.3 is 20.1 Å². The van der Waals surface area contributed by atoms with Crippen LogP contribution in [-0.2, 0) is 9.47 Å². The van der Waals surface area contributed by atoms with Crippen LogP contribution >= 0.6 is 35.7 Å². The number of halogens is 1. The van der Waals surface area contributed by atoms with E-state index in [1.807, 2.05) is 17.8 Å². The molecule has 142 valence electrons. The van der Waals surface area contributed by atoms with Crippen molar-refractivity contribution >= 4 is 41.7 Å². The molecule has 1 fully saturated rings. The summed E-state index contributed by atoms with van der Waals surface area (Å²) in [5.74, 6) is 0.847. The highest BCUT2D eigenvalue weighted by atomic mass is 127. The van der Waals surface area contributed by atoms with Crippen LogP contribution in [0.4, 0.5) is 0 Å². The maximum atomic E-state index is 5.75. The summed E-state index contributed by atoms with van der Waals surface area (Å²) >= 11 is 1.86. The molecule has 0 amide bonds. The van der Waals surface area contributed by atoms with Gasteiger partial charge in [-0.2, -0.15) is 0 Å². The summed E-state index contributed by atoms with van der Waals surface area (Å²) < 4.78 is 11.0. The molecule has 2 atom stereocenters. The van der Waals surface area contributed by atoms with Crippen molar-refractivity contribution in [3.8, 4) is 0 Å². The first kappa shape index (κ1) is 22.5. The number of nitrogens with one attached hydrogen (secondary N) is 2. The van der Waals surface area contributed by atoms with E-state index in [2.05, 4.69) is 46.8 Å². The monoisotopic (exact) mass is 479 g/mol. The molecule has 1 heterocycles. The van der Waals surface area contributed by atoms with Crippen molar-refractivity contribution in [3.05, 3.63) is 30.3 Å². The fourth-order valence-electron chi connectivity index (χ4n) is 2.41. The Kier molecular flexibility index (Phi) is 12.3. The standard InChI is InChI=1S/C18H29N3O2S.HI/c1-15(24-17-7-4-3-5-8-17)13-21-18(19-2)20-10-6-11-23-16-9-12-22-14-16;/h3-5,7-8,15-16H,6,9-14H2,1-2H3,(H2,19,20,21);1H. The summed E-state index contributed by atoms with van der Waals surface area (Å²) in [6.07, 6.45) is 2.28. The Morgan fingerprint density at radius 2 is 2.16 bits per heavy atom. The quantitative estimate of drug-likeness (QED) is 0.188. The number of thioether (sulfide) groups is 1. The van der Waals surface area contributed by atoms with Crippen molar-refractivity contribution in [1.29, 1.82) is 0 Å². The van der Waals surface area contributed by atoms with Crippen molar-refractivity contribution in [1.82, 2.24) is 10.6 Å². The number of guanidine groups is 1. The number of nitrogens with zero attached hydrogens (tertiary/aromatic N) is 1. The first-order valence-electron chi connectivity index (χ1n) is 8.63. The molecule has 1 aromatic carbocycles. The summed E-state index contributed by atoms with van der Waals surface area (Å²) in [4.78, 5) is 5.56. The van der Waals surface area contributed by atoms with Crippen molar-refractivity contribution in [3.63, 3.8) is 0 Å². The second-order valence-corrected chi connectivity index (χ2v) is 7.34. The highest BCUT2D eigenvalue weighted by molar-refractivity contribution is 14.0. The highest BCUT2D eigenvalue weighted by Gasteiger charge is 2.15. The molecule has 2 N–H and O–H groups in total. The van der Waals surface area contributed by atoms with Gasteiger partial charge in [0, 0.05) is 43.5 Å². The maximum absolute atomic E-state index is 5.75. The minimum absolute atomic E-state index is 0. The number of rotatable bonds is 9. The summed E-state index contributed by atoms with van der Waals surface area (Å²) in [6.45, 7) is 6.28. The molecule has 0 spiro atoms. The molecule has 1 aliphatic rings. The van der Waals surface area contributed by atoms with Crippen molar-refractivity contribution in [2.24, 2.45) is 4.99 Å². The molecule has 0 bridgehead atoms. The number of benzene rings is 1. The second-order valence-electron chi connectivity index (χ2n) is 5.83. The predicted octanol–water partition coefficient (Wildman–Crippen LogP) is 3.15. The Hall–Kier alpha value is -0.510. The molecule has 5 nitrogen and oxygen atoms in total. The Labute approximate surface area is 172 Å². The van der Waals surface area contributed by atoms with Gasteiger partial charge in [-0.05, 0) is 25.0 Å². The Bertz CT molecular complexity index is 484. The van der Waals surface area contributed by atoms with E-state index in [9.17, 15) is 0 Å². The third kappa shape index (κ3) is 9.67. The van der Waals surface area contributed by atoms with Gasteiger partial charge in [0.2, 0.25) is 0 Å². The lowest BCUT2D eigenvalue weighted by Crippen LogP contribution is -2.40. The highest BCUT2D eigenvalue weighted by Crippen LogP contribution is 2.21. The maximum Gasteiger partial charge on any atom is 0.191 e. The van der Waals surface area contributed by atoms with Crippen molar-refractivity contribution in [2.45, 2.75) is 36.0 Å². The van der Waals surface area contributed by atoms with Gasteiger partial charge in [-0.1, -0.05) is 25.1 Å². The van der Waals surface area contributed by atoms with Crippen LogP contribution in [0.1, 0.15) is 19.8 Å². The van der Waals surface area contributed by atoms with Gasteiger partial charge in [0.1, 0.15) is 0 Å². The van der Waals surface area contributed by atoms with Crippen molar-refractivity contribution < 1.29 is 9.47 Å². The molecule has 0 aromatic heterocycles. The van der Waals surface area contributed by atoms with Crippen LogP contribution in [-0.4, -0.2) is 57.3 Å². The smallest absolute Gasteiger partial charge is 0.191 e. The Morgan fingerprint density at radius 1 is 1.36 bits per heavy atom. The molecule has 25 heavy (non-hydrogen) atoms. The molecule has 0 saturated carbocycles. The van der Waals surface area contributed by atoms with Crippen LogP contribution in [0.5, 0.6) is 0 Å². The number of aliphatic imine (C=N–C) groups is 1. The molecular formula is C18H30IN3O2S. The van der Waals surface area contributed by atoms with Gasteiger partial charge in [0.25, 0.3) is 0 Å². The van der Waals surface area contributed by atoms with Gasteiger partial charge in [-0.25, -0.2) is 0 Å². The number of hydrogen-bond donors (Lipinski definition) is 2. The summed E-state index contributed by atoms with van der Waals surface area (Å²) in [5, 5.41) is 7.18. The number of ether oxygens (including phenoxy) is 2. The Balaban J connectivity index is 0.00000312. The van der Waals surface area contributed by atoms with Crippen LogP contribution in [0.3, 0.4) is 0 Å². The molecule has 1 aromatic rings. The zero-order valence-corrected chi connectivity index (χ0v) is 18.2. The SMILES string of the molecule is CN=C(NCCCOC1CCOC1)NCC(C)Sc1ccccc1.I. The molecule has 0 radical (unpaired) electrons.